The van der Waals surface area contributed by atoms with Crippen LogP contribution in [0.1, 0.15) is 37.2 Å². The summed E-state index contributed by atoms with van der Waals surface area (Å²) in [4.78, 5) is 11.4. The van der Waals surface area contributed by atoms with Crippen molar-refractivity contribution in [2.75, 3.05) is 26.7 Å². The highest BCUT2D eigenvalue weighted by Gasteiger charge is 2.24. The van der Waals surface area contributed by atoms with Gasteiger partial charge in [0.1, 0.15) is 0 Å². The molecule has 1 aliphatic heterocycles. The Labute approximate surface area is 110 Å². The van der Waals surface area contributed by atoms with Crippen LogP contribution in [0.5, 0.6) is 0 Å². The molecule has 0 bridgehead atoms. The van der Waals surface area contributed by atoms with Gasteiger partial charge in [-0.2, -0.15) is 0 Å². The van der Waals surface area contributed by atoms with Crippen molar-refractivity contribution in [3.8, 4) is 0 Å². The average Bonchev–Trinajstić information content (AvgIpc) is 2.40. The minimum absolute atomic E-state index is 0.384. The largest absolute Gasteiger partial charge is 0.319 e. The Bertz CT molecular complexity index is 372. The molecule has 1 saturated heterocycles. The summed E-state index contributed by atoms with van der Waals surface area (Å²) in [6.45, 7) is 7.78. The van der Waals surface area contributed by atoms with Crippen LogP contribution in [-0.4, -0.2) is 41.5 Å². The lowest BCUT2D eigenvalue weighted by Crippen LogP contribution is -2.38. The summed E-state index contributed by atoms with van der Waals surface area (Å²) in [7, 11) is 2.04. The smallest absolute Gasteiger partial charge is 0.0784 e. The molecule has 1 fully saturated rings. The third-order valence-corrected chi connectivity index (χ3v) is 4.00. The van der Waals surface area contributed by atoms with Crippen molar-refractivity contribution in [3.63, 3.8) is 0 Å². The summed E-state index contributed by atoms with van der Waals surface area (Å²) in [5.74, 6) is 0.835. The third-order valence-electron chi connectivity index (χ3n) is 4.00. The van der Waals surface area contributed by atoms with Crippen molar-refractivity contribution < 1.29 is 0 Å². The fraction of sp³-hybridized carbons (Fsp3) is 0.714. The lowest BCUT2D eigenvalue weighted by Gasteiger charge is -2.36. The standard InChI is InChI=1S/C14H24N4/c1-11-14(17-7-6-16-11)12(2)18-8-4-13(5-9-18)10-15-3/h6-7,12-13,15H,4-5,8-10H2,1-3H3. The van der Waals surface area contributed by atoms with Crippen LogP contribution in [0.4, 0.5) is 0 Å². The molecule has 1 aromatic rings. The molecular weight excluding hydrogens is 224 g/mol. The molecule has 18 heavy (non-hydrogen) atoms. The van der Waals surface area contributed by atoms with E-state index in [0.29, 0.717) is 6.04 Å². The quantitative estimate of drug-likeness (QED) is 0.882. The van der Waals surface area contributed by atoms with Gasteiger partial charge in [0.15, 0.2) is 0 Å². The molecule has 4 heteroatoms. The summed E-state index contributed by atoms with van der Waals surface area (Å²) in [5.41, 5.74) is 2.19. The van der Waals surface area contributed by atoms with Gasteiger partial charge in [-0.25, -0.2) is 0 Å². The van der Waals surface area contributed by atoms with Crippen molar-refractivity contribution in [3.05, 3.63) is 23.8 Å². The van der Waals surface area contributed by atoms with Crippen LogP contribution in [0.3, 0.4) is 0 Å². The molecule has 1 unspecified atom stereocenters. The van der Waals surface area contributed by atoms with Gasteiger partial charge in [0.25, 0.3) is 0 Å². The lowest BCUT2D eigenvalue weighted by atomic mass is 9.95. The van der Waals surface area contributed by atoms with Gasteiger partial charge in [0.05, 0.1) is 17.4 Å². The Morgan fingerprint density at radius 2 is 2.00 bits per heavy atom. The number of likely N-dealkylation sites (tertiary alicyclic amines) is 1. The number of hydrogen-bond donors (Lipinski definition) is 1. The summed E-state index contributed by atoms with van der Waals surface area (Å²) < 4.78 is 0. The molecule has 1 aliphatic rings. The molecule has 2 heterocycles. The van der Waals surface area contributed by atoms with Crippen molar-refractivity contribution in [2.24, 2.45) is 5.92 Å². The predicted molar refractivity (Wildman–Crippen MR) is 73.4 cm³/mol. The maximum atomic E-state index is 4.49. The highest BCUT2D eigenvalue weighted by atomic mass is 15.2. The van der Waals surface area contributed by atoms with Crippen LogP contribution in [0.15, 0.2) is 12.4 Å². The Kier molecular flexibility index (Phi) is 4.66. The van der Waals surface area contributed by atoms with E-state index in [4.69, 9.17) is 0 Å². The van der Waals surface area contributed by atoms with E-state index in [1.54, 1.807) is 12.4 Å². The first-order valence-corrected chi connectivity index (χ1v) is 6.88. The van der Waals surface area contributed by atoms with Crippen molar-refractivity contribution in [2.45, 2.75) is 32.7 Å². The van der Waals surface area contributed by atoms with E-state index in [9.17, 15) is 0 Å². The monoisotopic (exact) mass is 248 g/mol. The van der Waals surface area contributed by atoms with E-state index in [1.165, 1.54) is 25.9 Å². The second-order valence-electron chi connectivity index (χ2n) is 5.24. The minimum Gasteiger partial charge on any atom is -0.319 e. The molecule has 1 atom stereocenters. The van der Waals surface area contributed by atoms with E-state index in [1.807, 2.05) is 14.0 Å². The normalized spacial score (nSPS) is 19.9. The van der Waals surface area contributed by atoms with Crippen molar-refractivity contribution >= 4 is 0 Å². The van der Waals surface area contributed by atoms with E-state index in [-0.39, 0.29) is 0 Å². The first-order chi connectivity index (χ1) is 8.72. The van der Waals surface area contributed by atoms with Gasteiger partial charge in [0.2, 0.25) is 0 Å². The minimum atomic E-state index is 0.384. The van der Waals surface area contributed by atoms with E-state index >= 15 is 0 Å². The number of aryl methyl sites for hydroxylation is 1. The summed E-state index contributed by atoms with van der Waals surface area (Å²) in [5, 5.41) is 3.28. The Morgan fingerprint density at radius 1 is 1.33 bits per heavy atom. The fourth-order valence-corrected chi connectivity index (χ4v) is 2.83. The van der Waals surface area contributed by atoms with Crippen LogP contribution in [0.25, 0.3) is 0 Å². The number of rotatable bonds is 4. The van der Waals surface area contributed by atoms with E-state index in [0.717, 1.165) is 23.9 Å². The summed E-state index contributed by atoms with van der Waals surface area (Å²) in [6, 6.07) is 0.384. The first kappa shape index (κ1) is 13.4. The maximum absolute atomic E-state index is 4.49. The highest BCUT2D eigenvalue weighted by molar-refractivity contribution is 5.12. The molecular formula is C14H24N4. The zero-order valence-corrected chi connectivity index (χ0v) is 11.7. The fourth-order valence-electron chi connectivity index (χ4n) is 2.83. The van der Waals surface area contributed by atoms with Gasteiger partial charge in [-0.15, -0.1) is 0 Å². The molecule has 2 rings (SSSR count). The Hall–Kier alpha value is -1.00. The molecule has 4 nitrogen and oxygen atoms in total. The van der Waals surface area contributed by atoms with Gasteiger partial charge in [-0.3, -0.25) is 14.9 Å². The second-order valence-corrected chi connectivity index (χ2v) is 5.24. The number of hydrogen-bond acceptors (Lipinski definition) is 4. The molecule has 0 amide bonds. The lowest BCUT2D eigenvalue weighted by molar-refractivity contribution is 0.138. The second kappa shape index (κ2) is 6.25. The molecule has 1 N–H and O–H groups in total. The van der Waals surface area contributed by atoms with Crippen LogP contribution >= 0.6 is 0 Å². The summed E-state index contributed by atoms with van der Waals surface area (Å²) in [6.07, 6.45) is 6.13. The Balaban J connectivity index is 1.95. The van der Waals surface area contributed by atoms with Gasteiger partial charge in [0, 0.05) is 12.4 Å². The van der Waals surface area contributed by atoms with Crippen LogP contribution in [0, 0.1) is 12.8 Å². The maximum Gasteiger partial charge on any atom is 0.0784 e. The highest BCUT2D eigenvalue weighted by Crippen LogP contribution is 2.26. The molecule has 0 aromatic carbocycles. The molecule has 1 aromatic heterocycles. The van der Waals surface area contributed by atoms with E-state index < -0.39 is 0 Å². The molecule has 0 radical (unpaired) electrons. The van der Waals surface area contributed by atoms with Gasteiger partial charge in [-0.1, -0.05) is 0 Å². The van der Waals surface area contributed by atoms with Crippen LogP contribution in [0.2, 0.25) is 0 Å². The summed E-state index contributed by atoms with van der Waals surface area (Å²) >= 11 is 0. The van der Waals surface area contributed by atoms with Gasteiger partial charge < -0.3 is 5.32 Å². The number of piperidine rings is 1. The molecule has 0 saturated carbocycles. The number of nitrogens with zero attached hydrogens (tertiary/aromatic N) is 3. The Morgan fingerprint density at radius 3 is 2.61 bits per heavy atom. The van der Waals surface area contributed by atoms with E-state index in [2.05, 4.69) is 27.1 Å². The molecule has 100 valence electrons. The number of aromatic nitrogens is 2. The van der Waals surface area contributed by atoms with Gasteiger partial charge in [-0.05, 0) is 59.3 Å². The predicted octanol–water partition coefficient (Wildman–Crippen LogP) is 1.78. The number of nitrogens with one attached hydrogen (secondary N) is 1. The molecule has 0 spiro atoms. The van der Waals surface area contributed by atoms with Crippen LogP contribution < -0.4 is 5.32 Å². The average molecular weight is 248 g/mol. The topological polar surface area (TPSA) is 41.0 Å². The SMILES string of the molecule is CNCC1CCN(C(C)c2nccnc2C)CC1. The zero-order valence-electron chi connectivity index (χ0n) is 11.7. The van der Waals surface area contributed by atoms with Gasteiger partial charge >= 0.3 is 0 Å². The van der Waals surface area contributed by atoms with Crippen LogP contribution in [-0.2, 0) is 0 Å². The third kappa shape index (κ3) is 3.06. The van der Waals surface area contributed by atoms with Crippen molar-refractivity contribution in [1.82, 2.24) is 20.2 Å². The van der Waals surface area contributed by atoms with Crippen molar-refractivity contribution in [1.29, 1.82) is 0 Å². The molecule has 0 aliphatic carbocycles. The first-order valence-electron chi connectivity index (χ1n) is 6.88. The zero-order chi connectivity index (χ0) is 13.0.